The van der Waals surface area contributed by atoms with Gasteiger partial charge in [0.25, 0.3) is 0 Å². The number of alkyl halides is 3. The van der Waals surface area contributed by atoms with Crippen LogP contribution >= 0.6 is 0 Å². The van der Waals surface area contributed by atoms with E-state index in [0.29, 0.717) is 0 Å². The van der Waals surface area contributed by atoms with Crippen molar-refractivity contribution in [2.75, 3.05) is 0 Å². The van der Waals surface area contributed by atoms with Crippen molar-refractivity contribution in [2.45, 2.75) is 6.18 Å². The third-order valence-electron chi connectivity index (χ3n) is 0.399. The number of halogens is 3. The number of rotatable bonds is 0. The van der Waals surface area contributed by atoms with Crippen LogP contribution in [-0.4, -0.2) is 35.3 Å². The van der Waals surface area contributed by atoms with Gasteiger partial charge in [-0.25, -0.2) is 0 Å². The standard InChI is InChI=1S/C2F3O.Tl.2H/c3-2(4,5)1-6;;;. The Kier molecular flexibility index (Phi) is 2.21. The van der Waals surface area contributed by atoms with Crippen molar-refractivity contribution in [3.05, 3.63) is 0 Å². The van der Waals surface area contributed by atoms with E-state index in [-0.39, 0.29) is 0 Å². The van der Waals surface area contributed by atoms with Gasteiger partial charge in [0.05, 0.1) is 0 Å². The predicted octanol–water partition coefficient (Wildman–Crippen LogP) is -0.292. The van der Waals surface area contributed by atoms with Gasteiger partial charge in [-0.15, -0.1) is 0 Å². The van der Waals surface area contributed by atoms with E-state index in [1.165, 1.54) is 0 Å². The molecule has 0 radical (unpaired) electrons. The number of hydrogen-bond acceptors (Lipinski definition) is 1. The molecule has 0 aromatic heterocycles. The second kappa shape index (κ2) is 2.10. The third kappa shape index (κ3) is 3.01. The van der Waals surface area contributed by atoms with Crippen LogP contribution in [0.15, 0.2) is 0 Å². The zero-order chi connectivity index (χ0) is 6.08. The van der Waals surface area contributed by atoms with Gasteiger partial charge < -0.3 is 0 Å². The molecule has 5 heteroatoms. The molecule has 0 aliphatic heterocycles. The van der Waals surface area contributed by atoms with E-state index in [4.69, 9.17) is 0 Å². The molecular weight excluding hydrogens is 301 g/mol. The molecule has 0 heterocycles. The monoisotopic (exact) mass is 304 g/mol. The Hall–Kier alpha value is 0.382. The molecule has 0 N–H and O–H groups in total. The van der Waals surface area contributed by atoms with Gasteiger partial charge in [-0.1, -0.05) is 0 Å². The number of hydrogen-bond donors (Lipinski definition) is 0. The molecule has 0 aliphatic rings. The predicted molar refractivity (Wildman–Crippen MR) is 19.6 cm³/mol. The third-order valence-corrected chi connectivity index (χ3v) is 2.60. The number of carbonyl (C=O) groups excluding carboxylic acids is 1. The van der Waals surface area contributed by atoms with Gasteiger partial charge in [0.15, 0.2) is 0 Å². The van der Waals surface area contributed by atoms with E-state index in [1.54, 1.807) is 0 Å². The van der Waals surface area contributed by atoms with Crippen molar-refractivity contribution in [3.8, 4) is 0 Å². The summed E-state index contributed by atoms with van der Waals surface area (Å²) >= 11 is -0.989. The molecular formula is C2H2F3OTl. The minimum atomic E-state index is -4.54. The molecule has 0 atom stereocenters. The average molecular weight is 303 g/mol. The topological polar surface area (TPSA) is 17.1 Å². The molecule has 0 fully saturated rings. The first-order chi connectivity index (χ1) is 2.94. The SMILES string of the molecule is O=[C]([TlH2])C(F)(F)F. The number of carbonyl (C=O) groups is 1. The van der Waals surface area contributed by atoms with Crippen molar-refractivity contribution in [1.82, 2.24) is 0 Å². The molecule has 0 saturated heterocycles. The van der Waals surface area contributed by atoms with Gasteiger partial charge in [0.1, 0.15) is 0 Å². The van der Waals surface area contributed by atoms with Gasteiger partial charge in [-0.2, -0.15) is 0 Å². The van der Waals surface area contributed by atoms with Gasteiger partial charge in [-0.3, -0.25) is 0 Å². The molecule has 0 rings (SSSR count). The Bertz CT molecular complexity index is 85.4. The maximum absolute atomic E-state index is 10.9. The molecule has 0 saturated carbocycles. The van der Waals surface area contributed by atoms with Crippen LogP contribution in [0.5, 0.6) is 0 Å². The first-order valence-electron chi connectivity index (χ1n) is 1.52. The molecule has 0 spiro atoms. The zero-order valence-electron chi connectivity index (χ0n) is 3.54. The molecule has 0 aliphatic carbocycles. The fraction of sp³-hybridized carbons (Fsp3) is 0.500. The van der Waals surface area contributed by atoms with Crippen molar-refractivity contribution in [1.29, 1.82) is 0 Å². The normalized spacial score (nSPS) is 11.3. The Morgan fingerprint density at radius 2 is 1.57 bits per heavy atom. The second-order valence-corrected chi connectivity index (χ2v) is 4.58. The molecule has 1 nitrogen and oxygen atoms in total. The first kappa shape index (κ1) is 7.38. The van der Waals surface area contributed by atoms with E-state index in [0.717, 1.165) is 0 Å². The van der Waals surface area contributed by atoms with Crippen LogP contribution in [0.25, 0.3) is 0 Å². The van der Waals surface area contributed by atoms with Crippen molar-refractivity contribution >= 4 is 29.1 Å². The Morgan fingerprint density at radius 3 is 1.57 bits per heavy atom. The second-order valence-electron chi connectivity index (χ2n) is 1.05. The fourth-order valence-corrected chi connectivity index (χ4v) is 0. The van der Waals surface area contributed by atoms with Crippen LogP contribution in [0.2, 0.25) is 0 Å². The molecule has 0 aromatic rings. The molecule has 0 amide bonds. The summed E-state index contributed by atoms with van der Waals surface area (Å²) in [6.07, 6.45) is -4.54. The molecule has 0 bridgehead atoms. The van der Waals surface area contributed by atoms with Crippen molar-refractivity contribution in [2.24, 2.45) is 0 Å². The Balaban J connectivity index is 3.79. The summed E-state index contributed by atoms with van der Waals surface area (Å²) < 4.78 is 31.1. The molecule has 40 valence electrons. The summed E-state index contributed by atoms with van der Waals surface area (Å²) in [4.78, 5) is 9.44. The molecule has 0 unspecified atom stereocenters. The first-order valence-corrected chi connectivity index (χ1v) is 5.41. The van der Waals surface area contributed by atoms with Gasteiger partial charge in [0, 0.05) is 0 Å². The summed E-state index contributed by atoms with van der Waals surface area (Å²) in [5, 5.41) is 0. The van der Waals surface area contributed by atoms with E-state index in [1.807, 2.05) is 0 Å². The van der Waals surface area contributed by atoms with E-state index >= 15 is 0 Å². The van der Waals surface area contributed by atoms with Crippen LogP contribution < -0.4 is 0 Å². The van der Waals surface area contributed by atoms with Crippen molar-refractivity contribution < 1.29 is 18.0 Å². The fourth-order valence-electron chi connectivity index (χ4n) is 0. The van der Waals surface area contributed by atoms with Crippen LogP contribution in [0.4, 0.5) is 13.2 Å². The Morgan fingerprint density at radius 1 is 1.43 bits per heavy atom. The van der Waals surface area contributed by atoms with Gasteiger partial charge in [-0.05, 0) is 0 Å². The van der Waals surface area contributed by atoms with Crippen LogP contribution in [-0.2, 0) is 4.79 Å². The molecule has 7 heavy (non-hydrogen) atoms. The quantitative estimate of drug-likeness (QED) is 0.562. The van der Waals surface area contributed by atoms with E-state index in [2.05, 4.69) is 0 Å². The van der Waals surface area contributed by atoms with Gasteiger partial charge in [0.2, 0.25) is 0 Å². The zero-order valence-corrected chi connectivity index (χ0v) is 11.3. The van der Waals surface area contributed by atoms with E-state index in [9.17, 15) is 18.0 Å². The van der Waals surface area contributed by atoms with Crippen molar-refractivity contribution in [3.63, 3.8) is 0 Å². The Labute approximate surface area is 53.6 Å². The summed E-state index contributed by atoms with van der Waals surface area (Å²) in [5.41, 5.74) is 0. The summed E-state index contributed by atoms with van der Waals surface area (Å²) in [6.45, 7) is 0. The van der Waals surface area contributed by atoms with Crippen LogP contribution in [0.1, 0.15) is 0 Å². The van der Waals surface area contributed by atoms with Crippen LogP contribution in [0, 0.1) is 0 Å². The summed E-state index contributed by atoms with van der Waals surface area (Å²) in [6, 6.07) is 0. The summed E-state index contributed by atoms with van der Waals surface area (Å²) in [5.74, 6) is 0. The van der Waals surface area contributed by atoms with Gasteiger partial charge >= 0.3 is 53.3 Å². The molecule has 0 aromatic carbocycles. The van der Waals surface area contributed by atoms with Crippen LogP contribution in [0.3, 0.4) is 0 Å². The van der Waals surface area contributed by atoms with E-state index < -0.39 is 35.3 Å². The average Bonchev–Trinajstić information content (AvgIpc) is 1.31. The summed E-state index contributed by atoms with van der Waals surface area (Å²) in [7, 11) is 0. The maximum atomic E-state index is 10.9. The minimum absolute atomic E-state index is 0.989.